The monoisotopic (exact) mass is 381 g/mol. The summed E-state index contributed by atoms with van der Waals surface area (Å²) in [4.78, 5) is 14.6. The molecule has 0 aliphatic carbocycles. The number of benzene rings is 2. The number of methoxy groups -OCH3 is 1. The highest BCUT2D eigenvalue weighted by Gasteiger charge is 2.20. The lowest BCUT2D eigenvalue weighted by Gasteiger charge is -2.34. The maximum atomic E-state index is 12.2. The summed E-state index contributed by atoms with van der Waals surface area (Å²) >= 11 is 0. The third-order valence-electron chi connectivity index (χ3n) is 5.45. The van der Waals surface area contributed by atoms with Crippen LogP contribution in [0.3, 0.4) is 0 Å². The average molecular weight is 382 g/mol. The molecule has 0 atom stereocenters. The fourth-order valence-electron chi connectivity index (χ4n) is 3.75. The van der Waals surface area contributed by atoms with E-state index in [2.05, 4.69) is 59.7 Å². The zero-order valence-electron chi connectivity index (χ0n) is 17.1. The lowest BCUT2D eigenvalue weighted by molar-refractivity contribution is 0.234. The van der Waals surface area contributed by atoms with Gasteiger partial charge in [-0.05, 0) is 68.5 Å². The molecular formula is C23H31N3O2. The molecule has 28 heavy (non-hydrogen) atoms. The smallest absolute Gasteiger partial charge is 0.315 e. The third kappa shape index (κ3) is 5.41. The molecule has 2 N–H and O–H groups in total. The highest BCUT2D eigenvalue weighted by atomic mass is 16.5. The van der Waals surface area contributed by atoms with Crippen LogP contribution >= 0.6 is 0 Å². The summed E-state index contributed by atoms with van der Waals surface area (Å²) in [6.07, 6.45) is 2.77. The van der Waals surface area contributed by atoms with Gasteiger partial charge in [0.25, 0.3) is 0 Å². The Hall–Kier alpha value is -2.69. The fourth-order valence-corrected chi connectivity index (χ4v) is 3.75. The van der Waals surface area contributed by atoms with Crippen molar-refractivity contribution in [3.63, 3.8) is 0 Å². The summed E-state index contributed by atoms with van der Waals surface area (Å²) in [6, 6.07) is 14.8. The number of carbonyl (C=O) groups is 1. The standard InChI is InChI=1S/C23H31N3O2/c1-17-4-5-19(18(2)16-17)10-13-24-23(27)25-20-11-14-26(15-12-20)21-6-8-22(28-3)9-7-21/h4-9,16,20H,10-15H2,1-3H3,(H2,24,25,27). The van der Waals surface area contributed by atoms with Gasteiger partial charge in [-0.3, -0.25) is 0 Å². The Kier molecular flexibility index (Phi) is 6.80. The number of carbonyl (C=O) groups excluding carboxylic acids is 1. The van der Waals surface area contributed by atoms with Gasteiger partial charge in [0, 0.05) is 31.4 Å². The summed E-state index contributed by atoms with van der Waals surface area (Å²) < 4.78 is 5.22. The number of hydrogen-bond donors (Lipinski definition) is 2. The van der Waals surface area contributed by atoms with Crippen LogP contribution in [-0.2, 0) is 6.42 Å². The van der Waals surface area contributed by atoms with Gasteiger partial charge in [0.1, 0.15) is 5.75 Å². The lowest BCUT2D eigenvalue weighted by atomic mass is 10.0. The Bertz CT molecular complexity index is 781. The van der Waals surface area contributed by atoms with Crippen LogP contribution in [0.15, 0.2) is 42.5 Å². The number of nitrogens with one attached hydrogen (secondary N) is 2. The summed E-state index contributed by atoms with van der Waals surface area (Å²) in [5.74, 6) is 0.873. The molecule has 1 aliphatic rings. The van der Waals surface area contributed by atoms with Gasteiger partial charge in [0.05, 0.1) is 7.11 Å². The van der Waals surface area contributed by atoms with Crippen molar-refractivity contribution in [3.8, 4) is 5.75 Å². The molecule has 5 nitrogen and oxygen atoms in total. The van der Waals surface area contributed by atoms with Crippen LogP contribution in [0.4, 0.5) is 10.5 Å². The van der Waals surface area contributed by atoms with Gasteiger partial charge >= 0.3 is 6.03 Å². The maximum absolute atomic E-state index is 12.2. The Morgan fingerprint density at radius 1 is 1.11 bits per heavy atom. The normalized spacial score (nSPS) is 14.6. The van der Waals surface area contributed by atoms with E-state index in [-0.39, 0.29) is 12.1 Å². The van der Waals surface area contributed by atoms with Crippen LogP contribution in [0.25, 0.3) is 0 Å². The number of piperidine rings is 1. The van der Waals surface area contributed by atoms with Gasteiger partial charge in [0.2, 0.25) is 0 Å². The molecule has 0 saturated carbocycles. The molecule has 1 fully saturated rings. The number of hydrogen-bond acceptors (Lipinski definition) is 3. The minimum absolute atomic E-state index is 0.0623. The van der Waals surface area contributed by atoms with Crippen LogP contribution in [0, 0.1) is 13.8 Å². The molecule has 0 radical (unpaired) electrons. The Balaban J connectivity index is 1.38. The predicted octanol–water partition coefficient (Wildman–Crippen LogP) is 3.82. The first-order chi connectivity index (χ1) is 13.5. The molecule has 1 heterocycles. The molecule has 2 amide bonds. The van der Waals surface area contributed by atoms with Crippen molar-refractivity contribution >= 4 is 11.7 Å². The van der Waals surface area contributed by atoms with Crippen molar-refractivity contribution in [1.29, 1.82) is 0 Å². The summed E-state index contributed by atoms with van der Waals surface area (Å²) in [5, 5.41) is 6.12. The molecule has 5 heteroatoms. The number of aryl methyl sites for hydroxylation is 2. The fraction of sp³-hybridized carbons (Fsp3) is 0.435. The van der Waals surface area contributed by atoms with E-state index in [9.17, 15) is 4.79 Å². The lowest BCUT2D eigenvalue weighted by Crippen LogP contribution is -2.48. The van der Waals surface area contributed by atoms with E-state index < -0.39 is 0 Å². The highest BCUT2D eigenvalue weighted by Crippen LogP contribution is 2.22. The van der Waals surface area contributed by atoms with Gasteiger partial charge in [-0.2, -0.15) is 0 Å². The van der Waals surface area contributed by atoms with E-state index in [1.54, 1.807) is 7.11 Å². The number of ether oxygens (including phenoxy) is 1. The Labute approximate surface area is 168 Å². The third-order valence-corrected chi connectivity index (χ3v) is 5.45. The molecule has 3 rings (SSSR count). The van der Waals surface area contributed by atoms with Crippen LogP contribution in [0.5, 0.6) is 5.75 Å². The van der Waals surface area contributed by atoms with Crippen LogP contribution < -0.4 is 20.3 Å². The van der Waals surface area contributed by atoms with E-state index in [0.717, 1.165) is 38.1 Å². The van der Waals surface area contributed by atoms with E-state index in [1.165, 1.54) is 22.4 Å². The predicted molar refractivity (Wildman–Crippen MR) is 114 cm³/mol. The van der Waals surface area contributed by atoms with Crippen molar-refractivity contribution in [1.82, 2.24) is 10.6 Å². The van der Waals surface area contributed by atoms with Gasteiger partial charge in [-0.15, -0.1) is 0 Å². The van der Waals surface area contributed by atoms with E-state index >= 15 is 0 Å². The number of anilines is 1. The van der Waals surface area contributed by atoms with Gasteiger partial charge < -0.3 is 20.3 Å². The Morgan fingerprint density at radius 3 is 2.46 bits per heavy atom. The number of rotatable bonds is 6. The minimum atomic E-state index is -0.0623. The summed E-state index contributed by atoms with van der Waals surface area (Å²) in [6.45, 7) is 6.77. The molecule has 0 spiro atoms. The van der Waals surface area contributed by atoms with Crippen LogP contribution in [-0.4, -0.2) is 38.8 Å². The highest BCUT2D eigenvalue weighted by molar-refractivity contribution is 5.74. The van der Waals surface area contributed by atoms with E-state index in [0.29, 0.717) is 6.54 Å². The topological polar surface area (TPSA) is 53.6 Å². The molecule has 0 bridgehead atoms. The second-order valence-corrected chi connectivity index (χ2v) is 7.54. The Morgan fingerprint density at radius 2 is 1.82 bits per heavy atom. The molecule has 2 aromatic carbocycles. The number of amides is 2. The molecular weight excluding hydrogens is 350 g/mol. The number of urea groups is 1. The molecule has 1 saturated heterocycles. The minimum Gasteiger partial charge on any atom is -0.497 e. The largest absolute Gasteiger partial charge is 0.497 e. The van der Waals surface area contributed by atoms with Crippen molar-refractivity contribution in [3.05, 3.63) is 59.2 Å². The van der Waals surface area contributed by atoms with Crippen molar-refractivity contribution in [2.24, 2.45) is 0 Å². The first kappa shape index (κ1) is 20.1. The van der Waals surface area contributed by atoms with E-state index in [1.807, 2.05) is 12.1 Å². The quantitative estimate of drug-likeness (QED) is 0.800. The zero-order valence-corrected chi connectivity index (χ0v) is 17.1. The van der Waals surface area contributed by atoms with Crippen molar-refractivity contribution in [2.45, 2.75) is 39.2 Å². The molecule has 150 valence electrons. The van der Waals surface area contributed by atoms with Gasteiger partial charge in [-0.25, -0.2) is 4.79 Å². The van der Waals surface area contributed by atoms with Crippen LogP contribution in [0.2, 0.25) is 0 Å². The van der Waals surface area contributed by atoms with Crippen LogP contribution in [0.1, 0.15) is 29.5 Å². The molecule has 1 aliphatic heterocycles. The first-order valence-electron chi connectivity index (χ1n) is 10.0. The maximum Gasteiger partial charge on any atom is 0.315 e. The van der Waals surface area contributed by atoms with Gasteiger partial charge in [0.15, 0.2) is 0 Å². The number of nitrogens with zero attached hydrogens (tertiary/aromatic N) is 1. The summed E-state index contributed by atoms with van der Waals surface area (Å²) in [5.41, 5.74) is 5.05. The van der Waals surface area contributed by atoms with E-state index in [4.69, 9.17) is 4.74 Å². The average Bonchev–Trinajstić information content (AvgIpc) is 2.70. The second kappa shape index (κ2) is 9.49. The van der Waals surface area contributed by atoms with Gasteiger partial charge in [-0.1, -0.05) is 23.8 Å². The zero-order chi connectivity index (χ0) is 19.9. The van der Waals surface area contributed by atoms with Crippen molar-refractivity contribution in [2.75, 3.05) is 31.6 Å². The van der Waals surface area contributed by atoms with Crippen molar-refractivity contribution < 1.29 is 9.53 Å². The molecule has 0 unspecified atom stereocenters. The molecule has 2 aromatic rings. The SMILES string of the molecule is COc1ccc(N2CCC(NC(=O)NCCc3ccc(C)cc3C)CC2)cc1. The molecule has 0 aromatic heterocycles. The first-order valence-corrected chi connectivity index (χ1v) is 10.0. The summed E-state index contributed by atoms with van der Waals surface area (Å²) in [7, 11) is 1.68. The second-order valence-electron chi connectivity index (χ2n) is 7.54.